The first-order chi connectivity index (χ1) is 12.9. The zero-order chi connectivity index (χ0) is 19.4. The molecule has 0 bridgehead atoms. The molecule has 27 heavy (non-hydrogen) atoms. The molecule has 3 N–H and O–H groups in total. The van der Waals surface area contributed by atoms with Gasteiger partial charge < -0.3 is 19.9 Å². The van der Waals surface area contributed by atoms with Gasteiger partial charge in [0.2, 0.25) is 5.91 Å². The van der Waals surface area contributed by atoms with E-state index in [-0.39, 0.29) is 0 Å². The van der Waals surface area contributed by atoms with Crippen LogP contribution in [0.3, 0.4) is 0 Å². The Balaban J connectivity index is 1.54. The van der Waals surface area contributed by atoms with Crippen LogP contribution in [0, 0.1) is 5.92 Å². The number of benzene rings is 1. The van der Waals surface area contributed by atoms with Crippen molar-refractivity contribution in [1.29, 1.82) is 0 Å². The largest absolute Gasteiger partial charge is 0.486 e. The molecule has 146 valence electrons. The van der Waals surface area contributed by atoms with Crippen molar-refractivity contribution >= 4 is 23.6 Å². The molecule has 0 saturated carbocycles. The maximum atomic E-state index is 12.3. The number of hydrogen-bond donors (Lipinski definition) is 3. The lowest BCUT2D eigenvalue weighted by Crippen LogP contribution is -2.51. The highest BCUT2D eigenvalue weighted by molar-refractivity contribution is 6.02. The van der Waals surface area contributed by atoms with Gasteiger partial charge in [0.1, 0.15) is 13.2 Å². The fourth-order valence-electron chi connectivity index (χ4n) is 3.23. The van der Waals surface area contributed by atoms with Gasteiger partial charge in [-0.15, -0.1) is 0 Å². The van der Waals surface area contributed by atoms with Crippen molar-refractivity contribution in [1.82, 2.24) is 10.2 Å². The van der Waals surface area contributed by atoms with E-state index in [0.29, 0.717) is 56.3 Å². The van der Waals surface area contributed by atoms with Gasteiger partial charge in [-0.2, -0.15) is 0 Å². The van der Waals surface area contributed by atoms with Crippen molar-refractivity contribution in [3.8, 4) is 11.5 Å². The minimum Gasteiger partial charge on any atom is -0.486 e. The second-order valence-electron chi connectivity index (χ2n) is 6.65. The second-order valence-corrected chi connectivity index (χ2v) is 6.65. The standard InChI is InChI=1S/C18H23N3O6/c1-11(21-6-2-3-12(10-21)17(23)24)16(22)20-18(25)19-13-4-5-14-15(9-13)27-8-7-26-14/h4-5,9,11-12H,2-3,6-8,10H2,1H3,(H,23,24)(H2,19,20,22,25). The summed E-state index contributed by atoms with van der Waals surface area (Å²) >= 11 is 0. The highest BCUT2D eigenvalue weighted by Crippen LogP contribution is 2.32. The average Bonchev–Trinajstić information content (AvgIpc) is 2.67. The van der Waals surface area contributed by atoms with Crippen molar-refractivity contribution in [3.63, 3.8) is 0 Å². The highest BCUT2D eigenvalue weighted by Gasteiger charge is 2.31. The lowest BCUT2D eigenvalue weighted by atomic mass is 9.97. The Kier molecular flexibility index (Phi) is 5.80. The number of imide groups is 1. The molecule has 2 aliphatic rings. The van der Waals surface area contributed by atoms with Crippen LogP contribution in [0.2, 0.25) is 0 Å². The number of carbonyl (C=O) groups is 3. The van der Waals surface area contributed by atoms with Crippen molar-refractivity contribution in [3.05, 3.63) is 18.2 Å². The van der Waals surface area contributed by atoms with Gasteiger partial charge in [0.15, 0.2) is 11.5 Å². The zero-order valence-electron chi connectivity index (χ0n) is 15.1. The average molecular weight is 377 g/mol. The van der Waals surface area contributed by atoms with Crippen molar-refractivity contribution < 1.29 is 29.0 Å². The predicted octanol–water partition coefficient (Wildman–Crippen LogP) is 1.29. The number of aliphatic carboxylic acids is 1. The van der Waals surface area contributed by atoms with E-state index in [1.54, 1.807) is 30.0 Å². The third-order valence-electron chi connectivity index (χ3n) is 4.77. The maximum absolute atomic E-state index is 12.3. The molecule has 1 fully saturated rings. The molecule has 2 unspecified atom stereocenters. The Morgan fingerprint density at radius 1 is 1.22 bits per heavy atom. The molecule has 9 heteroatoms. The quantitative estimate of drug-likeness (QED) is 0.724. The fraction of sp³-hybridized carbons (Fsp3) is 0.500. The third kappa shape index (κ3) is 4.68. The molecule has 3 amide bonds. The Labute approximate surface area is 156 Å². The van der Waals surface area contributed by atoms with E-state index >= 15 is 0 Å². The lowest BCUT2D eigenvalue weighted by molar-refractivity contribution is -0.144. The van der Waals surface area contributed by atoms with Gasteiger partial charge in [-0.05, 0) is 38.4 Å². The van der Waals surface area contributed by atoms with E-state index in [2.05, 4.69) is 10.6 Å². The van der Waals surface area contributed by atoms with Crippen LogP contribution in [0.1, 0.15) is 19.8 Å². The smallest absolute Gasteiger partial charge is 0.325 e. The van der Waals surface area contributed by atoms with Crippen LogP contribution in [0.5, 0.6) is 11.5 Å². The number of anilines is 1. The fourth-order valence-corrected chi connectivity index (χ4v) is 3.23. The molecular formula is C18H23N3O6. The summed E-state index contributed by atoms with van der Waals surface area (Å²) in [5.74, 6) is -0.679. The summed E-state index contributed by atoms with van der Waals surface area (Å²) in [4.78, 5) is 37.4. The van der Waals surface area contributed by atoms with Gasteiger partial charge in [0, 0.05) is 18.3 Å². The minimum absolute atomic E-state index is 0.299. The first kappa shape index (κ1) is 19.0. The summed E-state index contributed by atoms with van der Waals surface area (Å²) in [6.45, 7) is 3.50. The number of carboxylic acids is 1. The van der Waals surface area contributed by atoms with Crippen LogP contribution in [0.4, 0.5) is 10.5 Å². The summed E-state index contributed by atoms with van der Waals surface area (Å²) in [6, 6.07) is 3.72. The van der Waals surface area contributed by atoms with Gasteiger partial charge in [-0.1, -0.05) is 0 Å². The monoisotopic (exact) mass is 377 g/mol. The van der Waals surface area contributed by atoms with Gasteiger partial charge in [0.25, 0.3) is 0 Å². The Morgan fingerprint density at radius 3 is 2.70 bits per heavy atom. The Bertz CT molecular complexity index is 738. The van der Waals surface area contributed by atoms with E-state index in [1.807, 2.05) is 0 Å². The van der Waals surface area contributed by atoms with Crippen LogP contribution in [0.15, 0.2) is 18.2 Å². The number of likely N-dealkylation sites (tertiary alicyclic amines) is 1. The molecule has 2 heterocycles. The highest BCUT2D eigenvalue weighted by atomic mass is 16.6. The van der Waals surface area contributed by atoms with Gasteiger partial charge >= 0.3 is 12.0 Å². The number of nitrogens with zero attached hydrogens (tertiary/aromatic N) is 1. The maximum Gasteiger partial charge on any atom is 0.325 e. The molecule has 2 aliphatic heterocycles. The zero-order valence-corrected chi connectivity index (χ0v) is 15.1. The summed E-state index contributed by atoms with van der Waals surface area (Å²) in [6.07, 6.45) is 1.31. The van der Waals surface area contributed by atoms with Crippen LogP contribution in [-0.4, -0.2) is 60.3 Å². The van der Waals surface area contributed by atoms with Crippen LogP contribution >= 0.6 is 0 Å². The van der Waals surface area contributed by atoms with E-state index in [4.69, 9.17) is 14.6 Å². The first-order valence-electron chi connectivity index (χ1n) is 8.92. The number of ether oxygens (including phenoxy) is 2. The number of carboxylic acid groups (broad SMARTS) is 1. The molecular weight excluding hydrogens is 354 g/mol. The van der Waals surface area contributed by atoms with E-state index in [1.165, 1.54) is 0 Å². The predicted molar refractivity (Wildman–Crippen MR) is 96.0 cm³/mol. The molecule has 0 radical (unpaired) electrons. The second kappa shape index (κ2) is 8.26. The number of rotatable bonds is 4. The van der Waals surface area contributed by atoms with E-state index in [9.17, 15) is 14.4 Å². The molecule has 0 spiro atoms. The minimum atomic E-state index is -0.858. The molecule has 1 aromatic carbocycles. The molecule has 2 atom stereocenters. The lowest BCUT2D eigenvalue weighted by Gasteiger charge is -2.34. The number of amides is 3. The summed E-state index contributed by atoms with van der Waals surface area (Å²) in [5, 5.41) is 14.0. The molecule has 9 nitrogen and oxygen atoms in total. The van der Waals surface area contributed by atoms with Crippen LogP contribution in [0.25, 0.3) is 0 Å². The van der Waals surface area contributed by atoms with Gasteiger partial charge in [-0.25, -0.2) is 4.79 Å². The van der Waals surface area contributed by atoms with Crippen molar-refractivity contribution in [2.75, 3.05) is 31.6 Å². The number of piperidine rings is 1. The first-order valence-corrected chi connectivity index (χ1v) is 8.92. The third-order valence-corrected chi connectivity index (χ3v) is 4.77. The number of fused-ring (bicyclic) bond motifs is 1. The number of urea groups is 1. The van der Waals surface area contributed by atoms with E-state index in [0.717, 1.165) is 0 Å². The summed E-state index contributed by atoms with van der Waals surface area (Å²) in [7, 11) is 0. The van der Waals surface area contributed by atoms with Crippen molar-refractivity contribution in [2.45, 2.75) is 25.8 Å². The number of carbonyl (C=O) groups excluding carboxylic acids is 2. The number of hydrogen-bond acceptors (Lipinski definition) is 6. The van der Waals surface area contributed by atoms with Crippen LogP contribution in [-0.2, 0) is 9.59 Å². The summed E-state index contributed by atoms with van der Waals surface area (Å²) in [5.41, 5.74) is 0.473. The van der Waals surface area contributed by atoms with Crippen LogP contribution < -0.4 is 20.1 Å². The SMILES string of the molecule is CC(C(=O)NC(=O)Nc1ccc2c(c1)OCCO2)N1CCCC(C(=O)O)C1. The molecule has 3 rings (SSSR count). The van der Waals surface area contributed by atoms with E-state index < -0.39 is 29.9 Å². The van der Waals surface area contributed by atoms with Gasteiger partial charge in [0.05, 0.1) is 12.0 Å². The Hall–Kier alpha value is -2.81. The molecule has 1 aromatic rings. The molecule has 0 aliphatic carbocycles. The van der Waals surface area contributed by atoms with Crippen molar-refractivity contribution in [2.24, 2.45) is 5.92 Å². The van der Waals surface area contributed by atoms with Gasteiger partial charge in [-0.3, -0.25) is 19.8 Å². The normalized spacial score (nSPS) is 20.4. The topological polar surface area (TPSA) is 117 Å². The summed E-state index contributed by atoms with van der Waals surface area (Å²) < 4.78 is 10.9. The Morgan fingerprint density at radius 2 is 1.96 bits per heavy atom. The molecule has 0 aromatic heterocycles. The molecule has 1 saturated heterocycles. The number of nitrogens with one attached hydrogen (secondary N) is 2.